The van der Waals surface area contributed by atoms with E-state index in [0.717, 1.165) is 6.07 Å². The lowest BCUT2D eigenvalue weighted by atomic mass is 9.96. The molecule has 8 nitrogen and oxygen atoms in total. The summed E-state index contributed by atoms with van der Waals surface area (Å²) in [6.45, 7) is 4.56. The van der Waals surface area contributed by atoms with Crippen LogP contribution in [0.15, 0.2) is 66.7 Å². The van der Waals surface area contributed by atoms with Crippen LogP contribution in [-0.2, 0) is 28.7 Å². The highest BCUT2D eigenvalue weighted by Gasteiger charge is 2.49. The lowest BCUT2D eigenvalue weighted by molar-refractivity contribution is -0.147. The maximum atomic E-state index is 14.4. The minimum Gasteiger partial charge on any atom is -0.508 e. The van der Waals surface area contributed by atoms with Gasteiger partial charge in [0.2, 0.25) is 5.91 Å². The number of phenolic OH excluding ortho intramolecular Hbond substituents is 1. The first-order valence-corrected chi connectivity index (χ1v) is 15.0. The summed E-state index contributed by atoms with van der Waals surface area (Å²) in [6, 6.07) is 13.0. The molecule has 0 radical (unpaired) electrons. The number of benzene rings is 3. The quantitative estimate of drug-likeness (QED) is 0.253. The first-order valence-electron chi connectivity index (χ1n) is 14.0. The Kier molecular flexibility index (Phi) is 10.1. The second kappa shape index (κ2) is 13.5. The van der Waals surface area contributed by atoms with Gasteiger partial charge >= 0.3 is 6.18 Å². The number of aliphatic hydroxyl groups is 1. The molecule has 1 heterocycles. The summed E-state index contributed by atoms with van der Waals surface area (Å²) in [4.78, 5) is 41.6. The third kappa shape index (κ3) is 7.77. The average molecular weight is 648 g/mol. The number of aromatic hydroxyl groups is 1. The molecule has 3 atom stereocenters. The molecule has 0 spiro atoms. The van der Waals surface area contributed by atoms with Crippen molar-refractivity contribution in [1.82, 2.24) is 15.5 Å². The molecule has 0 unspecified atom stereocenters. The van der Waals surface area contributed by atoms with Crippen molar-refractivity contribution >= 4 is 29.5 Å². The van der Waals surface area contributed by atoms with Gasteiger partial charge in [-0.25, -0.2) is 4.39 Å². The molecule has 0 aliphatic carbocycles. The lowest BCUT2D eigenvalue weighted by Gasteiger charge is -2.33. The summed E-state index contributed by atoms with van der Waals surface area (Å²) >= 11 is 1.27. The zero-order valence-corrected chi connectivity index (χ0v) is 25.5. The van der Waals surface area contributed by atoms with Crippen LogP contribution in [0.25, 0.3) is 0 Å². The number of aliphatic hydroxyl groups excluding tert-OH is 1. The molecule has 0 bridgehead atoms. The predicted octanol–water partition coefficient (Wildman–Crippen LogP) is 4.56. The highest BCUT2D eigenvalue weighted by atomic mass is 32.2. The van der Waals surface area contributed by atoms with E-state index in [1.165, 1.54) is 34.9 Å². The van der Waals surface area contributed by atoms with Crippen molar-refractivity contribution in [2.75, 3.05) is 5.88 Å². The normalized spacial score (nSPS) is 17.4. The van der Waals surface area contributed by atoms with Crippen LogP contribution < -0.4 is 10.6 Å². The summed E-state index contributed by atoms with van der Waals surface area (Å²) in [5.74, 6) is -3.37. The fourth-order valence-corrected chi connectivity index (χ4v) is 6.27. The molecule has 240 valence electrons. The van der Waals surface area contributed by atoms with E-state index in [1.807, 2.05) is 0 Å². The van der Waals surface area contributed by atoms with Crippen LogP contribution in [0.5, 0.6) is 5.75 Å². The Morgan fingerprint density at radius 3 is 2.40 bits per heavy atom. The summed E-state index contributed by atoms with van der Waals surface area (Å²) in [6.07, 6.45) is -6.45. The topological polar surface area (TPSA) is 119 Å². The Morgan fingerprint density at radius 2 is 1.76 bits per heavy atom. The second-order valence-electron chi connectivity index (χ2n) is 11.3. The third-order valence-corrected chi connectivity index (χ3v) is 9.08. The fourth-order valence-electron chi connectivity index (χ4n) is 5.13. The van der Waals surface area contributed by atoms with Crippen molar-refractivity contribution in [2.45, 2.75) is 62.8 Å². The molecular formula is C32H33F4N3O5S. The van der Waals surface area contributed by atoms with Gasteiger partial charge in [-0.3, -0.25) is 14.4 Å². The minimum absolute atomic E-state index is 0.0211. The molecule has 4 rings (SSSR count). The van der Waals surface area contributed by atoms with E-state index in [9.17, 15) is 42.2 Å². The fraction of sp³-hybridized carbons (Fsp3) is 0.344. The zero-order valence-electron chi connectivity index (χ0n) is 24.7. The number of hydrogen-bond acceptors (Lipinski definition) is 6. The molecule has 0 aromatic heterocycles. The maximum absolute atomic E-state index is 14.4. The number of hydrogen-bond donors (Lipinski definition) is 4. The average Bonchev–Trinajstić information content (AvgIpc) is 3.31. The Balaban J connectivity index is 1.54. The van der Waals surface area contributed by atoms with Crippen LogP contribution in [0, 0.1) is 12.7 Å². The molecule has 1 aliphatic rings. The standard InChI is InChI=1S/C32H33F4N3O5S/c1-18-22(10-7-11-25(18)40)28(42)38-24(14-19-8-5-4-6-9-19)26(41)30(44)39-17-45-31(2,3)27(39)29(43)37-16-20-12-13-21(15-23(20)33)32(34,35)36/h4-13,15,24,26-27,40-41H,14,16-17H2,1-3H3,(H,37,43)(H,38,42)/t24-,26-,27+/m0/s1. The van der Waals surface area contributed by atoms with Crippen molar-refractivity contribution in [2.24, 2.45) is 0 Å². The Labute approximate surface area is 261 Å². The molecule has 45 heavy (non-hydrogen) atoms. The minimum atomic E-state index is -4.73. The van der Waals surface area contributed by atoms with E-state index in [0.29, 0.717) is 23.3 Å². The number of alkyl halides is 3. The molecule has 13 heteroatoms. The molecular weight excluding hydrogens is 614 g/mol. The van der Waals surface area contributed by atoms with Gasteiger partial charge in [0.15, 0.2) is 6.10 Å². The summed E-state index contributed by atoms with van der Waals surface area (Å²) < 4.78 is 52.3. The number of rotatable bonds is 9. The number of halogens is 4. The highest BCUT2D eigenvalue weighted by Crippen LogP contribution is 2.40. The van der Waals surface area contributed by atoms with Gasteiger partial charge in [0.05, 0.1) is 17.5 Å². The number of carbonyl (C=O) groups excluding carboxylic acids is 3. The van der Waals surface area contributed by atoms with Crippen LogP contribution in [-0.4, -0.2) is 61.6 Å². The van der Waals surface area contributed by atoms with Gasteiger partial charge in [-0.1, -0.05) is 42.5 Å². The molecule has 4 N–H and O–H groups in total. The van der Waals surface area contributed by atoms with Crippen LogP contribution in [0.1, 0.15) is 46.5 Å². The van der Waals surface area contributed by atoms with Crippen molar-refractivity contribution < 1.29 is 42.2 Å². The van der Waals surface area contributed by atoms with E-state index < -0.39 is 64.8 Å². The number of amides is 3. The maximum Gasteiger partial charge on any atom is 0.416 e. The predicted molar refractivity (Wildman–Crippen MR) is 161 cm³/mol. The second-order valence-corrected chi connectivity index (χ2v) is 12.9. The van der Waals surface area contributed by atoms with Crippen LogP contribution in [0.3, 0.4) is 0 Å². The van der Waals surface area contributed by atoms with E-state index >= 15 is 0 Å². The first kappa shape index (κ1) is 33.8. The number of nitrogens with zero attached hydrogens (tertiary/aromatic N) is 1. The van der Waals surface area contributed by atoms with Crippen molar-refractivity contribution in [3.05, 3.63) is 100 Å². The van der Waals surface area contributed by atoms with Crippen molar-refractivity contribution in [3.63, 3.8) is 0 Å². The SMILES string of the molecule is Cc1c(O)cccc1C(=O)N[C@@H](Cc1ccccc1)[C@H](O)C(=O)N1CSC(C)(C)[C@H]1C(=O)NCc1ccc(C(F)(F)F)cc1F. The molecule has 1 aliphatic heterocycles. The van der Waals surface area contributed by atoms with Crippen LogP contribution in [0.4, 0.5) is 17.6 Å². The van der Waals surface area contributed by atoms with E-state index in [4.69, 9.17) is 0 Å². The first-order chi connectivity index (χ1) is 21.1. The number of carbonyl (C=O) groups is 3. The molecule has 3 aromatic rings. The Bertz CT molecular complexity index is 1570. The molecule has 1 fully saturated rings. The van der Waals surface area contributed by atoms with Gasteiger partial charge in [0.1, 0.15) is 17.6 Å². The summed E-state index contributed by atoms with van der Waals surface area (Å²) in [5.41, 5.74) is -0.158. The van der Waals surface area contributed by atoms with Crippen molar-refractivity contribution in [3.8, 4) is 5.75 Å². The van der Waals surface area contributed by atoms with Gasteiger partial charge < -0.3 is 25.7 Å². The smallest absolute Gasteiger partial charge is 0.416 e. The van der Waals surface area contributed by atoms with Gasteiger partial charge in [0, 0.05) is 28.0 Å². The lowest BCUT2D eigenvalue weighted by Crippen LogP contribution is -2.58. The van der Waals surface area contributed by atoms with Gasteiger partial charge in [-0.05, 0) is 57.0 Å². The largest absolute Gasteiger partial charge is 0.508 e. The number of phenols is 1. The summed E-state index contributed by atoms with van der Waals surface area (Å²) in [5, 5.41) is 26.7. The summed E-state index contributed by atoms with van der Waals surface area (Å²) in [7, 11) is 0. The molecule has 3 amide bonds. The van der Waals surface area contributed by atoms with E-state index in [2.05, 4.69) is 10.6 Å². The van der Waals surface area contributed by atoms with Gasteiger partial charge in [-0.2, -0.15) is 13.2 Å². The van der Waals surface area contributed by atoms with Gasteiger partial charge in [0.25, 0.3) is 11.8 Å². The Morgan fingerprint density at radius 1 is 1.07 bits per heavy atom. The van der Waals surface area contributed by atoms with Crippen LogP contribution >= 0.6 is 11.8 Å². The number of thioether (sulfide) groups is 1. The zero-order chi connectivity index (χ0) is 33.1. The van der Waals surface area contributed by atoms with E-state index in [1.54, 1.807) is 51.1 Å². The molecule has 1 saturated heterocycles. The van der Waals surface area contributed by atoms with Crippen molar-refractivity contribution in [1.29, 1.82) is 0 Å². The molecule has 3 aromatic carbocycles. The van der Waals surface area contributed by atoms with E-state index in [-0.39, 0.29) is 29.2 Å². The number of nitrogens with one attached hydrogen (secondary N) is 2. The highest BCUT2D eigenvalue weighted by molar-refractivity contribution is 8.00. The molecule has 0 saturated carbocycles. The monoisotopic (exact) mass is 647 g/mol. The van der Waals surface area contributed by atoms with Gasteiger partial charge in [-0.15, -0.1) is 11.8 Å². The van der Waals surface area contributed by atoms with Crippen LogP contribution in [0.2, 0.25) is 0 Å². The Hall–Kier alpha value is -4.10. The third-order valence-electron chi connectivity index (χ3n) is 7.71.